The molecule has 2 unspecified atom stereocenters. The zero-order valence-corrected chi connectivity index (χ0v) is 18.2. The Morgan fingerprint density at radius 3 is 1.12 bits per heavy atom. The molecule has 8 nitrogen and oxygen atoms in total. The number of hydrogen-bond acceptors (Lipinski definition) is 8. The van der Waals surface area contributed by atoms with E-state index in [9.17, 15) is 29.4 Å². The van der Waals surface area contributed by atoms with Gasteiger partial charge in [-0.25, -0.2) is 0 Å². The molecule has 0 aliphatic heterocycles. The van der Waals surface area contributed by atoms with Gasteiger partial charge in [-0.15, -0.1) is 0 Å². The van der Waals surface area contributed by atoms with E-state index in [1.54, 1.807) is 13.8 Å². The van der Waals surface area contributed by atoms with Crippen LogP contribution in [0.2, 0.25) is 0 Å². The Bertz CT molecular complexity index is 334. The van der Waals surface area contributed by atoms with Crippen LogP contribution in [0, 0.1) is 11.8 Å². The molecule has 0 saturated carbocycles. The van der Waals surface area contributed by atoms with Crippen molar-refractivity contribution < 1.29 is 59.1 Å². The zero-order chi connectivity index (χ0) is 20.4. The van der Waals surface area contributed by atoms with Crippen molar-refractivity contribution in [3.05, 3.63) is 0 Å². The predicted molar refractivity (Wildman–Crippen MR) is 82.2 cm³/mol. The van der Waals surface area contributed by atoms with Crippen molar-refractivity contribution in [3.63, 3.8) is 0 Å². The molecule has 0 aliphatic rings. The van der Waals surface area contributed by atoms with Crippen molar-refractivity contribution in [3.8, 4) is 0 Å². The van der Waals surface area contributed by atoms with Gasteiger partial charge in [0.2, 0.25) is 0 Å². The van der Waals surface area contributed by atoms with Crippen LogP contribution in [0.3, 0.4) is 0 Å². The van der Waals surface area contributed by atoms with Gasteiger partial charge >= 0.3 is 56.8 Å². The maximum absolute atomic E-state index is 10.4. The molecule has 0 aromatic rings. The summed E-state index contributed by atoms with van der Waals surface area (Å²) in [6, 6.07) is 0. The van der Waals surface area contributed by atoms with Gasteiger partial charge < -0.3 is 19.8 Å². The van der Waals surface area contributed by atoms with Gasteiger partial charge in [0.25, 0.3) is 0 Å². The monoisotopic (exact) mass is 438 g/mol. The van der Waals surface area contributed by atoms with Crippen molar-refractivity contribution in [2.75, 3.05) is 13.2 Å². The molecule has 0 N–H and O–H groups in total. The summed E-state index contributed by atoms with van der Waals surface area (Å²) in [6.45, 7) is 11.4. The molecule has 0 saturated heterocycles. The third kappa shape index (κ3) is 19.3. The molecule has 9 heteroatoms. The molecule has 0 aromatic heterocycles. The summed E-state index contributed by atoms with van der Waals surface area (Å²) in [7, 11) is 0. The summed E-state index contributed by atoms with van der Waals surface area (Å²) in [5, 5.41) is 20.1. The van der Waals surface area contributed by atoms with Crippen molar-refractivity contribution in [2.45, 2.75) is 54.4 Å². The van der Waals surface area contributed by atoms with Crippen LogP contribution in [0.4, 0.5) is 0 Å². The Hall–Kier alpha value is -0.917. The van der Waals surface area contributed by atoms with E-state index in [-0.39, 0.29) is 11.6 Å². The van der Waals surface area contributed by atoms with Gasteiger partial charge in [0.1, 0.15) is 11.6 Å². The Morgan fingerprint density at radius 2 is 1.04 bits per heavy atom. The fourth-order valence-corrected chi connectivity index (χ4v) is 2.18. The van der Waals surface area contributed by atoms with Crippen molar-refractivity contribution in [1.29, 1.82) is 0 Å². The first-order chi connectivity index (χ1) is 11.6. The zero-order valence-electron chi connectivity index (χ0n) is 15.7. The van der Waals surface area contributed by atoms with Crippen LogP contribution in [0.15, 0.2) is 0 Å². The number of rotatable bonds is 10. The van der Waals surface area contributed by atoms with Crippen LogP contribution in [0.1, 0.15) is 54.4 Å². The van der Waals surface area contributed by atoms with E-state index in [1.165, 1.54) is 13.8 Å². The maximum atomic E-state index is 10.4. The van der Waals surface area contributed by atoms with E-state index in [2.05, 4.69) is 0 Å². The number of aliphatic carboxylic acids is 2. The normalized spacial score (nSPS) is 11.4. The molecule has 0 aliphatic carbocycles. The average molecular weight is 440 g/mol. The molecular formula is C16H28O8Zr. The molecule has 2 atom stereocenters. The summed E-state index contributed by atoms with van der Waals surface area (Å²) in [4.78, 5) is 40.9. The van der Waals surface area contributed by atoms with Gasteiger partial charge in [-0.2, -0.15) is 0 Å². The minimum absolute atomic E-state index is 0.317. The molecule has 0 fully saturated rings. The number of carboxylic acid groups (broad SMARTS) is 2. The molecule has 25 heavy (non-hydrogen) atoms. The van der Waals surface area contributed by atoms with Crippen molar-refractivity contribution in [2.24, 2.45) is 11.8 Å². The summed E-state index contributed by atoms with van der Waals surface area (Å²) < 4.78 is 10.0. The topological polar surface area (TPSA) is 133 Å². The molecule has 0 aromatic carbocycles. The van der Waals surface area contributed by atoms with E-state index in [0.717, 1.165) is 13.2 Å². The number of carboxylic acids is 2. The van der Waals surface area contributed by atoms with Crippen LogP contribution in [0.25, 0.3) is 0 Å². The minimum atomic E-state index is -1.27. The first-order valence-electron chi connectivity index (χ1n) is 8.01. The van der Waals surface area contributed by atoms with Gasteiger partial charge in [-0.05, 0) is 26.7 Å². The molecule has 0 amide bonds. The van der Waals surface area contributed by atoms with Gasteiger partial charge in [0.05, 0.1) is 23.8 Å². The summed E-state index contributed by atoms with van der Waals surface area (Å²) in [5.74, 6) is -5.04. The quantitative estimate of drug-likeness (QED) is 0.334. The van der Waals surface area contributed by atoms with Gasteiger partial charge in [-0.1, -0.05) is 13.8 Å². The molecular weight excluding hydrogens is 411 g/mol. The Morgan fingerprint density at radius 1 is 0.760 bits per heavy atom. The van der Waals surface area contributed by atoms with Crippen LogP contribution in [-0.4, -0.2) is 36.7 Å². The summed E-state index contributed by atoms with van der Waals surface area (Å²) >= 11 is -0.819. The SMILES string of the molecule is CCC(C(C)=O)C(=O)[O-].CCC(C(C)=O)C(=O)[O-].CC[O][Zr+2][O]CC. The number of ketones is 2. The van der Waals surface area contributed by atoms with Crippen LogP contribution in [-0.2, 0) is 48.9 Å². The molecule has 0 bridgehead atoms. The number of hydrogen-bond donors (Lipinski definition) is 0. The van der Waals surface area contributed by atoms with E-state index in [1.807, 2.05) is 13.8 Å². The van der Waals surface area contributed by atoms with E-state index in [4.69, 9.17) is 5.63 Å². The summed E-state index contributed by atoms with van der Waals surface area (Å²) in [5.41, 5.74) is 0. The second kappa shape index (κ2) is 19.4. The summed E-state index contributed by atoms with van der Waals surface area (Å²) in [6.07, 6.45) is 0.634. The Balaban J connectivity index is -0.000000293. The second-order valence-corrected chi connectivity index (χ2v) is 6.56. The first kappa shape index (κ1) is 28.9. The van der Waals surface area contributed by atoms with Crippen molar-refractivity contribution >= 4 is 23.5 Å². The Kier molecular flexibility index (Phi) is 22.4. The standard InChI is InChI=1S/2C6H10O3.2C2H5O.Zr/c2*1-3-5(4(2)7)6(8)9;2*1-2-3;/h2*5H,3H2,1-2H3,(H,8,9);2*2H2,1H3;/q;;2*-1;+4/p-2. The van der Waals surface area contributed by atoms with E-state index >= 15 is 0 Å². The molecule has 144 valence electrons. The van der Waals surface area contributed by atoms with E-state index < -0.39 is 47.9 Å². The predicted octanol–water partition coefficient (Wildman–Crippen LogP) is -0.325. The van der Waals surface area contributed by atoms with Gasteiger partial charge in [0, 0.05) is 0 Å². The number of carbonyl (C=O) groups excluding carboxylic acids is 4. The number of Topliss-reactive ketones (excluding diaryl/α,β-unsaturated/α-hetero) is 2. The molecule has 0 heterocycles. The third-order valence-corrected chi connectivity index (χ3v) is 4.77. The van der Waals surface area contributed by atoms with Crippen LogP contribution < -0.4 is 10.2 Å². The fourth-order valence-electron chi connectivity index (χ4n) is 1.40. The average Bonchev–Trinajstić information content (AvgIpc) is 2.48. The molecule has 0 radical (unpaired) electrons. The Labute approximate surface area is 162 Å². The third-order valence-electron chi connectivity index (χ3n) is 2.77. The second-order valence-electron chi connectivity index (χ2n) is 4.73. The van der Waals surface area contributed by atoms with Crippen LogP contribution in [0.5, 0.6) is 0 Å². The molecule has 0 spiro atoms. The van der Waals surface area contributed by atoms with Gasteiger partial charge in [-0.3, -0.25) is 9.59 Å². The fraction of sp³-hybridized carbons (Fsp3) is 0.750. The van der Waals surface area contributed by atoms with Crippen molar-refractivity contribution in [1.82, 2.24) is 0 Å². The first-order valence-corrected chi connectivity index (χ1v) is 10.0. The number of carbonyl (C=O) groups is 4. The van der Waals surface area contributed by atoms with Crippen LogP contribution >= 0.6 is 0 Å². The van der Waals surface area contributed by atoms with Gasteiger partial charge in [0.15, 0.2) is 0 Å². The molecule has 0 rings (SSSR count). The van der Waals surface area contributed by atoms with E-state index in [0.29, 0.717) is 12.8 Å².